The van der Waals surface area contributed by atoms with Crippen LogP contribution in [-0.4, -0.2) is 24.2 Å². The smallest absolute Gasteiger partial charge is 0.251 e. The quantitative estimate of drug-likeness (QED) is 0.819. The maximum atomic E-state index is 12.3. The molecule has 118 valence electrons. The number of aliphatic hydroxyl groups is 1. The maximum Gasteiger partial charge on any atom is 0.251 e. The summed E-state index contributed by atoms with van der Waals surface area (Å²) in [5.74, 6) is 0.282. The maximum absolute atomic E-state index is 12.3. The van der Waals surface area contributed by atoms with Crippen molar-refractivity contribution >= 4 is 17.2 Å². The summed E-state index contributed by atoms with van der Waals surface area (Å²) >= 11 is 1.66. The van der Waals surface area contributed by atoms with Gasteiger partial charge in [0.25, 0.3) is 5.91 Å². The van der Waals surface area contributed by atoms with E-state index in [1.165, 1.54) is 5.56 Å². The number of amides is 1. The molecule has 2 aromatic rings. The SMILES string of the molecule is Cc1ccc(C)c(C(=O)NCC[C@H](CCO)c2ccsc2)c1. The van der Waals surface area contributed by atoms with Crippen LogP contribution in [0.3, 0.4) is 0 Å². The molecule has 1 heterocycles. The van der Waals surface area contributed by atoms with E-state index in [1.807, 2.05) is 37.4 Å². The first-order valence-electron chi connectivity index (χ1n) is 7.60. The highest BCUT2D eigenvalue weighted by molar-refractivity contribution is 7.07. The number of rotatable bonds is 7. The van der Waals surface area contributed by atoms with Gasteiger partial charge in [-0.05, 0) is 66.6 Å². The summed E-state index contributed by atoms with van der Waals surface area (Å²) in [5.41, 5.74) is 4.08. The fourth-order valence-electron chi connectivity index (χ4n) is 2.58. The van der Waals surface area contributed by atoms with E-state index < -0.39 is 0 Å². The minimum atomic E-state index is -0.0192. The number of aryl methyl sites for hydroxylation is 2. The van der Waals surface area contributed by atoms with Gasteiger partial charge in [-0.15, -0.1) is 0 Å². The molecule has 0 saturated carbocycles. The van der Waals surface area contributed by atoms with Crippen molar-refractivity contribution in [2.75, 3.05) is 13.2 Å². The van der Waals surface area contributed by atoms with Gasteiger partial charge in [0.2, 0.25) is 0 Å². The molecule has 3 nitrogen and oxygen atoms in total. The van der Waals surface area contributed by atoms with Crippen molar-refractivity contribution in [1.29, 1.82) is 0 Å². The third kappa shape index (κ3) is 4.42. The van der Waals surface area contributed by atoms with Crippen LogP contribution in [0.25, 0.3) is 0 Å². The molecule has 2 rings (SSSR count). The predicted octanol–water partition coefficient (Wildman–Crippen LogP) is 3.65. The first-order chi connectivity index (χ1) is 10.6. The van der Waals surface area contributed by atoms with Crippen LogP contribution in [0.2, 0.25) is 0 Å². The Morgan fingerprint density at radius 2 is 2.09 bits per heavy atom. The molecule has 0 aliphatic carbocycles. The number of benzene rings is 1. The fourth-order valence-corrected chi connectivity index (χ4v) is 3.32. The molecule has 0 saturated heterocycles. The van der Waals surface area contributed by atoms with E-state index in [2.05, 4.69) is 16.8 Å². The van der Waals surface area contributed by atoms with Gasteiger partial charge in [-0.3, -0.25) is 4.79 Å². The molecule has 1 aromatic heterocycles. The van der Waals surface area contributed by atoms with Gasteiger partial charge in [0.15, 0.2) is 0 Å². The Balaban J connectivity index is 1.91. The van der Waals surface area contributed by atoms with Crippen LogP contribution in [0.4, 0.5) is 0 Å². The number of carbonyl (C=O) groups is 1. The van der Waals surface area contributed by atoms with Crippen LogP contribution in [0, 0.1) is 13.8 Å². The van der Waals surface area contributed by atoms with Crippen LogP contribution < -0.4 is 5.32 Å². The lowest BCUT2D eigenvalue weighted by atomic mass is 9.95. The van der Waals surface area contributed by atoms with Crippen LogP contribution in [0.1, 0.15) is 45.8 Å². The summed E-state index contributed by atoms with van der Waals surface area (Å²) in [7, 11) is 0. The number of thiophene rings is 1. The second kappa shape index (κ2) is 8.11. The van der Waals surface area contributed by atoms with Gasteiger partial charge in [0.1, 0.15) is 0 Å². The van der Waals surface area contributed by atoms with Crippen LogP contribution in [-0.2, 0) is 0 Å². The van der Waals surface area contributed by atoms with Crippen molar-refractivity contribution in [3.05, 3.63) is 57.3 Å². The molecule has 22 heavy (non-hydrogen) atoms. The highest BCUT2D eigenvalue weighted by atomic mass is 32.1. The normalized spacial score (nSPS) is 12.1. The zero-order chi connectivity index (χ0) is 15.9. The van der Waals surface area contributed by atoms with Gasteiger partial charge >= 0.3 is 0 Å². The van der Waals surface area contributed by atoms with Crippen molar-refractivity contribution in [3.63, 3.8) is 0 Å². The van der Waals surface area contributed by atoms with E-state index in [4.69, 9.17) is 0 Å². The highest BCUT2D eigenvalue weighted by Crippen LogP contribution is 2.24. The number of aliphatic hydroxyl groups excluding tert-OH is 1. The van der Waals surface area contributed by atoms with E-state index >= 15 is 0 Å². The van der Waals surface area contributed by atoms with E-state index in [9.17, 15) is 9.90 Å². The molecule has 0 aliphatic heterocycles. The first kappa shape index (κ1) is 16.7. The predicted molar refractivity (Wildman–Crippen MR) is 91.6 cm³/mol. The van der Waals surface area contributed by atoms with Crippen LogP contribution in [0.5, 0.6) is 0 Å². The summed E-state index contributed by atoms with van der Waals surface area (Å²) in [6, 6.07) is 8.01. The second-order valence-electron chi connectivity index (χ2n) is 5.63. The standard InChI is InChI=1S/C18H23NO2S/c1-13-3-4-14(2)17(11-13)18(21)19-8-5-15(6-9-20)16-7-10-22-12-16/h3-4,7,10-12,15,20H,5-6,8-9H2,1-2H3,(H,19,21)/t15-/m1/s1. The second-order valence-corrected chi connectivity index (χ2v) is 6.41. The van der Waals surface area contributed by atoms with Gasteiger partial charge in [-0.25, -0.2) is 0 Å². The minimum absolute atomic E-state index is 0.0192. The molecule has 4 heteroatoms. The fraction of sp³-hybridized carbons (Fsp3) is 0.389. The third-order valence-corrected chi connectivity index (χ3v) is 4.61. The molecule has 1 atom stereocenters. The number of hydrogen-bond donors (Lipinski definition) is 2. The molecule has 0 radical (unpaired) electrons. The minimum Gasteiger partial charge on any atom is -0.396 e. The third-order valence-electron chi connectivity index (χ3n) is 3.91. The first-order valence-corrected chi connectivity index (χ1v) is 8.54. The largest absolute Gasteiger partial charge is 0.396 e. The van der Waals surface area contributed by atoms with E-state index in [-0.39, 0.29) is 12.5 Å². The van der Waals surface area contributed by atoms with Gasteiger partial charge in [0.05, 0.1) is 0 Å². The van der Waals surface area contributed by atoms with Gasteiger partial charge in [-0.2, -0.15) is 11.3 Å². The zero-order valence-electron chi connectivity index (χ0n) is 13.1. The average molecular weight is 317 g/mol. The van der Waals surface area contributed by atoms with Crippen molar-refractivity contribution in [3.8, 4) is 0 Å². The molecule has 0 spiro atoms. The summed E-state index contributed by atoms with van der Waals surface area (Å²) in [6.07, 6.45) is 1.57. The lowest BCUT2D eigenvalue weighted by Gasteiger charge is -2.15. The van der Waals surface area contributed by atoms with Crippen molar-refractivity contribution in [2.45, 2.75) is 32.6 Å². The van der Waals surface area contributed by atoms with Gasteiger partial charge in [-0.1, -0.05) is 17.7 Å². The van der Waals surface area contributed by atoms with Crippen LogP contribution >= 0.6 is 11.3 Å². The van der Waals surface area contributed by atoms with Crippen molar-refractivity contribution in [2.24, 2.45) is 0 Å². The average Bonchev–Trinajstić information content (AvgIpc) is 3.03. The molecular weight excluding hydrogens is 294 g/mol. The summed E-state index contributed by atoms with van der Waals surface area (Å²) in [4.78, 5) is 12.3. The van der Waals surface area contributed by atoms with E-state index in [1.54, 1.807) is 11.3 Å². The van der Waals surface area contributed by atoms with Gasteiger partial charge in [0, 0.05) is 18.7 Å². The Morgan fingerprint density at radius 3 is 2.77 bits per heavy atom. The summed E-state index contributed by atoms with van der Waals surface area (Å²) in [5, 5.41) is 16.4. The monoisotopic (exact) mass is 317 g/mol. The van der Waals surface area contributed by atoms with E-state index in [0.29, 0.717) is 12.5 Å². The summed E-state index contributed by atoms with van der Waals surface area (Å²) in [6.45, 7) is 4.73. The molecule has 0 bridgehead atoms. The molecule has 2 N–H and O–H groups in total. The Bertz CT molecular complexity index is 608. The van der Waals surface area contributed by atoms with Crippen molar-refractivity contribution in [1.82, 2.24) is 5.32 Å². The summed E-state index contributed by atoms with van der Waals surface area (Å²) < 4.78 is 0. The lowest BCUT2D eigenvalue weighted by Crippen LogP contribution is -2.26. The highest BCUT2D eigenvalue weighted by Gasteiger charge is 2.13. The molecule has 1 amide bonds. The Labute approximate surface area is 136 Å². The Kier molecular flexibility index (Phi) is 6.16. The molecule has 0 fully saturated rings. The molecule has 1 aromatic carbocycles. The Hall–Kier alpha value is -1.65. The Morgan fingerprint density at radius 1 is 1.27 bits per heavy atom. The van der Waals surface area contributed by atoms with E-state index in [0.717, 1.165) is 29.5 Å². The molecule has 0 aliphatic rings. The molecule has 0 unspecified atom stereocenters. The zero-order valence-corrected chi connectivity index (χ0v) is 14.0. The topological polar surface area (TPSA) is 49.3 Å². The number of carbonyl (C=O) groups excluding carboxylic acids is 1. The number of hydrogen-bond acceptors (Lipinski definition) is 3. The van der Waals surface area contributed by atoms with Crippen LogP contribution in [0.15, 0.2) is 35.0 Å². The van der Waals surface area contributed by atoms with Crippen molar-refractivity contribution < 1.29 is 9.90 Å². The molecular formula is C18H23NO2S. The number of nitrogens with one attached hydrogen (secondary N) is 1. The van der Waals surface area contributed by atoms with Gasteiger partial charge < -0.3 is 10.4 Å². The lowest BCUT2D eigenvalue weighted by molar-refractivity contribution is 0.0951.